The third-order valence-electron chi connectivity index (χ3n) is 6.58. The lowest BCUT2D eigenvalue weighted by Crippen LogP contribution is -2.36. The molecule has 1 aliphatic heterocycles. The molecule has 1 aliphatic rings. The second-order valence-corrected chi connectivity index (χ2v) is 9.65. The number of nitrogens with one attached hydrogen (secondary N) is 1. The van der Waals surface area contributed by atoms with E-state index < -0.39 is 6.09 Å². The monoisotopic (exact) mass is 544 g/mol. The fourth-order valence-electron chi connectivity index (χ4n) is 4.63. The number of hydrogen-bond acceptors (Lipinski definition) is 4. The Morgan fingerprint density at radius 3 is 2.38 bits per heavy atom. The molecule has 1 N–H and O–H groups in total. The second kappa shape index (κ2) is 11.1. The van der Waals surface area contributed by atoms with Gasteiger partial charge in [0.15, 0.2) is 5.69 Å². The summed E-state index contributed by atoms with van der Waals surface area (Å²) in [5.41, 5.74) is 4.54. The maximum Gasteiger partial charge on any atom is 0.410 e. The summed E-state index contributed by atoms with van der Waals surface area (Å²) in [5, 5.41) is 8.34. The highest BCUT2D eigenvalue weighted by molar-refractivity contribution is 6.30. The molecule has 1 aromatic heterocycles. The van der Waals surface area contributed by atoms with Gasteiger partial charge < -0.3 is 10.1 Å². The van der Waals surface area contributed by atoms with E-state index in [9.17, 15) is 14.0 Å². The van der Waals surface area contributed by atoms with E-state index in [1.54, 1.807) is 28.9 Å². The summed E-state index contributed by atoms with van der Waals surface area (Å²) < 4.78 is 20.3. The quantitative estimate of drug-likeness (QED) is 0.321. The zero-order valence-electron chi connectivity index (χ0n) is 21.4. The zero-order valence-corrected chi connectivity index (χ0v) is 22.2. The van der Waals surface area contributed by atoms with Gasteiger partial charge in [-0.15, -0.1) is 0 Å². The van der Waals surface area contributed by atoms with Gasteiger partial charge in [0.1, 0.15) is 5.82 Å². The predicted octanol–water partition coefficient (Wildman–Crippen LogP) is 6.28. The predicted molar refractivity (Wildman–Crippen MR) is 148 cm³/mol. The molecule has 9 heteroatoms. The number of carbonyl (C=O) groups is 2. The van der Waals surface area contributed by atoms with Crippen molar-refractivity contribution in [2.24, 2.45) is 0 Å². The third-order valence-corrected chi connectivity index (χ3v) is 6.83. The summed E-state index contributed by atoms with van der Waals surface area (Å²) in [6.45, 7) is 2.23. The molecule has 0 saturated heterocycles. The number of benzene rings is 3. The number of aromatic nitrogens is 2. The van der Waals surface area contributed by atoms with Gasteiger partial charge in [-0.1, -0.05) is 54.1 Å². The lowest BCUT2D eigenvalue weighted by molar-refractivity contribution is 0.0930. The van der Waals surface area contributed by atoms with Crippen LogP contribution in [0.15, 0.2) is 78.9 Å². The van der Waals surface area contributed by atoms with Crippen LogP contribution in [0.2, 0.25) is 5.02 Å². The zero-order chi connectivity index (χ0) is 27.5. The van der Waals surface area contributed by atoms with Crippen molar-refractivity contribution in [1.29, 1.82) is 0 Å². The molecule has 1 atom stereocenters. The van der Waals surface area contributed by atoms with Crippen LogP contribution >= 0.6 is 11.6 Å². The van der Waals surface area contributed by atoms with Crippen LogP contribution in [0.4, 0.5) is 9.18 Å². The van der Waals surface area contributed by atoms with Gasteiger partial charge in [-0.25, -0.2) is 13.9 Å². The minimum absolute atomic E-state index is 0.124. The van der Waals surface area contributed by atoms with Gasteiger partial charge in [-0.2, -0.15) is 5.10 Å². The van der Waals surface area contributed by atoms with Gasteiger partial charge >= 0.3 is 6.09 Å². The Morgan fingerprint density at radius 1 is 1.03 bits per heavy atom. The highest BCUT2D eigenvalue weighted by Crippen LogP contribution is 2.34. The second-order valence-electron chi connectivity index (χ2n) is 9.22. The Bertz CT molecular complexity index is 1530. The lowest BCUT2D eigenvalue weighted by Gasteiger charge is -2.29. The number of fused-ring (bicyclic) bond motifs is 1. The van der Waals surface area contributed by atoms with Gasteiger partial charge in [0.25, 0.3) is 5.91 Å². The summed E-state index contributed by atoms with van der Waals surface area (Å²) in [4.78, 5) is 27.8. The molecular formula is C30H26ClFN4O3. The van der Waals surface area contributed by atoms with Crippen LogP contribution in [-0.4, -0.2) is 40.3 Å². The topological polar surface area (TPSA) is 76.5 Å². The normalized spacial score (nSPS) is 14.6. The number of methoxy groups -OCH3 is 1. The van der Waals surface area contributed by atoms with Gasteiger partial charge in [0.05, 0.1) is 37.6 Å². The molecule has 0 spiro atoms. The molecule has 2 heterocycles. The molecule has 198 valence electrons. The number of amides is 2. The van der Waals surface area contributed by atoms with Crippen LogP contribution in [0.1, 0.15) is 45.8 Å². The Hall–Kier alpha value is -4.43. The van der Waals surface area contributed by atoms with Crippen molar-refractivity contribution in [2.75, 3.05) is 13.7 Å². The number of ether oxygens (including phenoxy) is 1. The molecule has 7 nitrogen and oxygen atoms in total. The number of rotatable bonds is 5. The Morgan fingerprint density at radius 2 is 1.72 bits per heavy atom. The minimum Gasteiger partial charge on any atom is -0.453 e. The van der Waals surface area contributed by atoms with Crippen LogP contribution in [0.25, 0.3) is 17.3 Å². The first-order valence-corrected chi connectivity index (χ1v) is 12.7. The number of carbonyl (C=O) groups excluding carboxylic acids is 2. The van der Waals surface area contributed by atoms with E-state index in [1.807, 2.05) is 55.5 Å². The molecule has 0 unspecified atom stereocenters. The molecule has 0 bridgehead atoms. The van der Waals surface area contributed by atoms with Crippen molar-refractivity contribution in [3.63, 3.8) is 0 Å². The largest absolute Gasteiger partial charge is 0.453 e. The van der Waals surface area contributed by atoms with E-state index >= 15 is 0 Å². The van der Waals surface area contributed by atoms with Crippen LogP contribution in [0.3, 0.4) is 0 Å². The van der Waals surface area contributed by atoms with Crippen LogP contribution < -0.4 is 5.32 Å². The number of halogens is 2. The average molecular weight is 545 g/mol. The van der Waals surface area contributed by atoms with Crippen LogP contribution in [0, 0.1) is 5.82 Å². The number of nitrogens with zero attached hydrogens (tertiary/aromatic N) is 3. The molecule has 0 radical (unpaired) electrons. The fourth-order valence-corrected chi connectivity index (χ4v) is 4.76. The van der Waals surface area contributed by atoms with Crippen molar-refractivity contribution in [2.45, 2.75) is 19.5 Å². The summed E-state index contributed by atoms with van der Waals surface area (Å²) in [7, 11) is 1.31. The first kappa shape index (κ1) is 26.2. The van der Waals surface area contributed by atoms with Crippen molar-refractivity contribution in [3.8, 4) is 5.69 Å². The van der Waals surface area contributed by atoms with Crippen molar-refractivity contribution in [1.82, 2.24) is 20.0 Å². The van der Waals surface area contributed by atoms with E-state index in [1.165, 1.54) is 24.1 Å². The lowest BCUT2D eigenvalue weighted by atomic mass is 9.97. The molecule has 0 aliphatic carbocycles. The Kier molecular flexibility index (Phi) is 7.47. The van der Waals surface area contributed by atoms with Crippen molar-refractivity contribution < 1.29 is 18.7 Å². The maximum atomic E-state index is 13.6. The summed E-state index contributed by atoms with van der Waals surface area (Å²) in [5.74, 6) is -0.724. The van der Waals surface area contributed by atoms with Crippen molar-refractivity contribution >= 4 is 35.3 Å². The van der Waals surface area contributed by atoms with E-state index in [0.717, 1.165) is 11.1 Å². The smallest absolute Gasteiger partial charge is 0.410 e. The SMILES string of the molecule is COC(=O)N1C/C(=C\c2ccc(F)cc2)c2c(c(C(=O)N[C@H](C)c3ccccc3)nn2-c2ccc(Cl)cc2)C1. The van der Waals surface area contributed by atoms with Gasteiger partial charge in [0.2, 0.25) is 0 Å². The molecule has 0 fully saturated rings. The summed E-state index contributed by atoms with van der Waals surface area (Å²) in [6, 6.07) is 22.5. The van der Waals surface area contributed by atoms with E-state index in [2.05, 4.69) is 5.32 Å². The maximum absolute atomic E-state index is 13.6. The van der Waals surface area contributed by atoms with Crippen LogP contribution in [0.5, 0.6) is 0 Å². The third kappa shape index (κ3) is 5.56. The Labute approximate surface area is 230 Å². The molecule has 5 rings (SSSR count). The number of hydrogen-bond donors (Lipinski definition) is 1. The van der Waals surface area contributed by atoms with Gasteiger partial charge in [-0.3, -0.25) is 9.69 Å². The average Bonchev–Trinajstić information content (AvgIpc) is 3.34. The minimum atomic E-state index is -0.533. The highest BCUT2D eigenvalue weighted by Gasteiger charge is 2.34. The molecule has 3 aromatic carbocycles. The first-order chi connectivity index (χ1) is 18.8. The molecule has 39 heavy (non-hydrogen) atoms. The van der Waals surface area contributed by atoms with Crippen LogP contribution in [-0.2, 0) is 11.3 Å². The van der Waals surface area contributed by atoms with Gasteiger partial charge in [-0.05, 0) is 66.1 Å². The summed E-state index contributed by atoms with van der Waals surface area (Å²) >= 11 is 6.14. The fraction of sp³-hybridized carbons (Fsp3) is 0.167. The molecule has 0 saturated carbocycles. The van der Waals surface area contributed by atoms with Crippen molar-refractivity contribution in [3.05, 3.63) is 118 Å². The summed E-state index contributed by atoms with van der Waals surface area (Å²) in [6.07, 6.45) is 1.32. The highest BCUT2D eigenvalue weighted by atomic mass is 35.5. The first-order valence-electron chi connectivity index (χ1n) is 12.4. The van der Waals surface area contributed by atoms with E-state index in [0.29, 0.717) is 27.5 Å². The molecular weight excluding hydrogens is 519 g/mol. The van der Waals surface area contributed by atoms with E-state index in [-0.39, 0.29) is 36.5 Å². The standard InChI is InChI=1S/C30H26ClFN4O3/c1-19(21-6-4-3-5-7-21)33-29(37)27-26-18-35(30(38)39-2)17-22(16-20-8-12-24(32)13-9-20)28(26)36(34-27)25-14-10-23(31)11-15-25/h3-16,19H,17-18H2,1-2H3,(H,33,37)/b22-16+/t19-/m1/s1. The van der Waals surface area contributed by atoms with Gasteiger partial charge in [0, 0.05) is 10.6 Å². The molecule has 4 aromatic rings. The Balaban J connectivity index is 1.65. The van der Waals surface area contributed by atoms with E-state index in [4.69, 9.17) is 21.4 Å². The molecule has 2 amide bonds.